The molecule has 1 aromatic carbocycles. The standard InChI is InChI=1S/C23H32O6/c1-12(2)19-18(29-22(26)14-6-7-16(24)17(11-14)28-5)10-13(3)15-8-9-23(4,27)20(15)21(19)25/h6-7,11-12,18-21,24-25,27H,8-10H2,1-5H3/t18-,19+,20-,21+,23-/m0/s1. The summed E-state index contributed by atoms with van der Waals surface area (Å²) in [5.74, 6) is -0.968. The van der Waals surface area contributed by atoms with Gasteiger partial charge in [-0.25, -0.2) is 4.79 Å². The van der Waals surface area contributed by atoms with Crippen molar-refractivity contribution in [1.82, 2.24) is 0 Å². The van der Waals surface area contributed by atoms with Gasteiger partial charge in [-0.1, -0.05) is 25.0 Å². The van der Waals surface area contributed by atoms with Gasteiger partial charge in [0.1, 0.15) is 6.10 Å². The first-order chi connectivity index (χ1) is 13.6. The molecule has 0 saturated heterocycles. The summed E-state index contributed by atoms with van der Waals surface area (Å²) in [5, 5.41) is 31.9. The van der Waals surface area contributed by atoms with E-state index in [1.165, 1.54) is 25.3 Å². The number of phenolic OH excluding ortho intramolecular Hbond substituents is 1. The van der Waals surface area contributed by atoms with Crippen molar-refractivity contribution >= 4 is 5.97 Å². The molecule has 160 valence electrons. The number of hydrogen-bond acceptors (Lipinski definition) is 6. The molecular formula is C23H32O6. The molecule has 5 atom stereocenters. The summed E-state index contributed by atoms with van der Waals surface area (Å²) in [7, 11) is 1.42. The second-order valence-electron chi connectivity index (χ2n) is 8.99. The predicted octanol–water partition coefficient (Wildman–Crippen LogP) is 3.44. The van der Waals surface area contributed by atoms with E-state index in [1.807, 2.05) is 20.8 Å². The molecule has 2 aliphatic carbocycles. The van der Waals surface area contributed by atoms with Crippen LogP contribution < -0.4 is 4.74 Å². The molecule has 0 unspecified atom stereocenters. The first-order valence-corrected chi connectivity index (χ1v) is 10.2. The zero-order chi connectivity index (χ0) is 21.5. The summed E-state index contributed by atoms with van der Waals surface area (Å²) in [4.78, 5) is 12.9. The highest BCUT2D eigenvalue weighted by Gasteiger charge is 2.51. The van der Waals surface area contributed by atoms with E-state index in [2.05, 4.69) is 0 Å². The van der Waals surface area contributed by atoms with Crippen LogP contribution in [0.4, 0.5) is 0 Å². The smallest absolute Gasteiger partial charge is 0.338 e. The molecule has 0 bridgehead atoms. The second kappa shape index (κ2) is 8.00. The number of aliphatic hydroxyl groups excluding tert-OH is 1. The summed E-state index contributed by atoms with van der Waals surface area (Å²) in [5.41, 5.74) is 1.49. The van der Waals surface area contributed by atoms with Crippen molar-refractivity contribution in [3.8, 4) is 11.5 Å². The van der Waals surface area contributed by atoms with Gasteiger partial charge in [0, 0.05) is 18.3 Å². The Bertz CT molecular complexity index is 810. The zero-order valence-corrected chi connectivity index (χ0v) is 17.8. The molecule has 3 N–H and O–H groups in total. The fourth-order valence-electron chi connectivity index (χ4n) is 5.09. The van der Waals surface area contributed by atoms with Gasteiger partial charge in [-0.2, -0.15) is 0 Å². The monoisotopic (exact) mass is 404 g/mol. The van der Waals surface area contributed by atoms with Crippen LogP contribution in [0.2, 0.25) is 0 Å². The lowest BCUT2D eigenvalue weighted by atomic mass is 9.75. The summed E-state index contributed by atoms with van der Waals surface area (Å²) >= 11 is 0. The van der Waals surface area contributed by atoms with E-state index in [0.717, 1.165) is 17.6 Å². The van der Waals surface area contributed by atoms with E-state index in [9.17, 15) is 20.1 Å². The number of phenols is 1. The molecule has 1 saturated carbocycles. The molecule has 6 nitrogen and oxygen atoms in total. The van der Waals surface area contributed by atoms with Crippen LogP contribution in [0.1, 0.15) is 57.3 Å². The van der Waals surface area contributed by atoms with Gasteiger partial charge in [0.15, 0.2) is 11.5 Å². The lowest BCUT2D eigenvalue weighted by Gasteiger charge is -2.38. The van der Waals surface area contributed by atoms with E-state index >= 15 is 0 Å². The lowest BCUT2D eigenvalue weighted by Crippen LogP contribution is -2.46. The Labute approximate surface area is 172 Å². The largest absolute Gasteiger partial charge is 0.504 e. The van der Waals surface area contributed by atoms with E-state index < -0.39 is 23.8 Å². The van der Waals surface area contributed by atoms with Gasteiger partial charge in [-0.3, -0.25) is 0 Å². The Morgan fingerprint density at radius 3 is 2.62 bits per heavy atom. The van der Waals surface area contributed by atoms with Gasteiger partial charge in [0.05, 0.1) is 24.4 Å². The summed E-state index contributed by atoms with van der Waals surface area (Å²) in [6.07, 6.45) is 0.604. The fourth-order valence-corrected chi connectivity index (χ4v) is 5.09. The number of ether oxygens (including phenoxy) is 2. The third-order valence-electron chi connectivity index (χ3n) is 6.61. The van der Waals surface area contributed by atoms with Gasteiger partial charge in [-0.15, -0.1) is 0 Å². The van der Waals surface area contributed by atoms with Crippen molar-refractivity contribution in [2.75, 3.05) is 7.11 Å². The van der Waals surface area contributed by atoms with Crippen molar-refractivity contribution in [3.05, 3.63) is 34.9 Å². The van der Waals surface area contributed by atoms with Crippen LogP contribution >= 0.6 is 0 Å². The van der Waals surface area contributed by atoms with Crippen LogP contribution in [0.5, 0.6) is 11.5 Å². The number of hydrogen-bond donors (Lipinski definition) is 3. The molecule has 1 aromatic rings. The van der Waals surface area contributed by atoms with E-state index in [1.54, 1.807) is 6.92 Å². The van der Waals surface area contributed by atoms with Crippen molar-refractivity contribution in [3.63, 3.8) is 0 Å². The minimum atomic E-state index is -0.966. The molecule has 2 aliphatic rings. The van der Waals surface area contributed by atoms with Crippen LogP contribution in [0.15, 0.2) is 29.3 Å². The van der Waals surface area contributed by atoms with Gasteiger partial charge in [-0.05, 0) is 50.8 Å². The number of carbonyl (C=O) groups excluding carboxylic acids is 1. The van der Waals surface area contributed by atoms with Crippen molar-refractivity contribution in [2.45, 2.75) is 64.8 Å². The summed E-state index contributed by atoms with van der Waals surface area (Å²) in [6.45, 7) is 7.79. The maximum absolute atomic E-state index is 12.9. The van der Waals surface area contributed by atoms with Crippen molar-refractivity contribution in [1.29, 1.82) is 0 Å². The Morgan fingerprint density at radius 2 is 2.00 bits per heavy atom. The van der Waals surface area contributed by atoms with Gasteiger partial charge >= 0.3 is 5.97 Å². The minimum absolute atomic E-state index is 0.0513. The first-order valence-electron chi connectivity index (χ1n) is 10.2. The average molecular weight is 405 g/mol. The molecule has 0 radical (unpaired) electrons. The normalized spacial score (nSPS) is 32.1. The molecule has 0 amide bonds. The average Bonchev–Trinajstić information content (AvgIpc) is 2.91. The van der Waals surface area contributed by atoms with E-state index in [4.69, 9.17) is 9.47 Å². The molecule has 6 heteroatoms. The highest BCUT2D eigenvalue weighted by atomic mass is 16.5. The van der Waals surface area contributed by atoms with Crippen LogP contribution in [0.25, 0.3) is 0 Å². The number of carbonyl (C=O) groups is 1. The Morgan fingerprint density at radius 1 is 1.31 bits per heavy atom. The van der Waals surface area contributed by atoms with E-state index in [0.29, 0.717) is 12.8 Å². The van der Waals surface area contributed by atoms with Crippen LogP contribution in [0, 0.1) is 17.8 Å². The number of benzene rings is 1. The maximum Gasteiger partial charge on any atom is 0.338 e. The predicted molar refractivity (Wildman–Crippen MR) is 109 cm³/mol. The number of rotatable bonds is 4. The number of aliphatic hydroxyl groups is 2. The molecule has 1 fully saturated rings. The quantitative estimate of drug-likeness (QED) is 0.525. The highest BCUT2D eigenvalue weighted by Crippen LogP contribution is 2.49. The zero-order valence-electron chi connectivity index (χ0n) is 17.8. The third kappa shape index (κ3) is 4.01. The van der Waals surface area contributed by atoms with Crippen LogP contribution in [0.3, 0.4) is 0 Å². The Hall–Kier alpha value is -2.05. The van der Waals surface area contributed by atoms with Crippen LogP contribution in [-0.2, 0) is 4.74 Å². The van der Waals surface area contributed by atoms with E-state index in [-0.39, 0.29) is 34.8 Å². The number of esters is 1. The van der Waals surface area contributed by atoms with Gasteiger partial charge in [0.2, 0.25) is 0 Å². The summed E-state index contributed by atoms with van der Waals surface area (Å²) < 4.78 is 11.0. The van der Waals surface area contributed by atoms with Crippen molar-refractivity contribution in [2.24, 2.45) is 17.8 Å². The fraction of sp³-hybridized carbons (Fsp3) is 0.609. The van der Waals surface area contributed by atoms with Crippen LogP contribution in [-0.4, -0.2) is 46.2 Å². The SMILES string of the molecule is COc1cc(C(=O)O[C@H]2CC(C)=C3CC[C@](C)(O)[C@@H]3[C@H](O)[C@@H]2C(C)C)ccc1O. The number of fused-ring (bicyclic) bond motifs is 1. The van der Waals surface area contributed by atoms with Crippen molar-refractivity contribution < 1.29 is 29.6 Å². The third-order valence-corrected chi connectivity index (χ3v) is 6.61. The highest BCUT2D eigenvalue weighted by molar-refractivity contribution is 5.90. The topological polar surface area (TPSA) is 96.2 Å². The molecule has 0 heterocycles. The lowest BCUT2D eigenvalue weighted by molar-refractivity contribution is -0.0847. The summed E-state index contributed by atoms with van der Waals surface area (Å²) in [6, 6.07) is 4.33. The Balaban J connectivity index is 1.92. The molecule has 3 rings (SSSR count). The first kappa shape index (κ1) is 21.7. The van der Waals surface area contributed by atoms with Gasteiger partial charge in [0.25, 0.3) is 0 Å². The minimum Gasteiger partial charge on any atom is -0.504 e. The number of aromatic hydroxyl groups is 1. The molecular weight excluding hydrogens is 372 g/mol. The number of methoxy groups -OCH3 is 1. The molecule has 0 spiro atoms. The van der Waals surface area contributed by atoms with Gasteiger partial charge < -0.3 is 24.8 Å². The molecule has 0 aliphatic heterocycles. The molecule has 29 heavy (non-hydrogen) atoms. The Kier molecular flexibility index (Phi) is 5.97. The second-order valence-corrected chi connectivity index (χ2v) is 8.99. The molecule has 0 aromatic heterocycles. The maximum atomic E-state index is 12.9.